The zero-order valence-corrected chi connectivity index (χ0v) is 13.2. The number of nitro benzene ring substituents is 1. The average Bonchev–Trinajstić information content (AvgIpc) is 2.87. The van der Waals surface area contributed by atoms with Crippen LogP contribution >= 0.6 is 15.9 Å². The number of benzene rings is 1. The molecule has 0 fully saturated rings. The smallest absolute Gasteiger partial charge is 0.274 e. The Balaban J connectivity index is 2.29. The highest BCUT2D eigenvalue weighted by Crippen LogP contribution is 2.29. The van der Waals surface area contributed by atoms with Gasteiger partial charge in [0.15, 0.2) is 0 Å². The third kappa shape index (κ3) is 3.64. The highest BCUT2D eigenvalue weighted by molar-refractivity contribution is 9.10. The van der Waals surface area contributed by atoms with Gasteiger partial charge in [-0.3, -0.25) is 10.1 Å². The van der Waals surface area contributed by atoms with Crippen molar-refractivity contribution in [3.05, 3.63) is 44.2 Å². The van der Waals surface area contributed by atoms with Crippen molar-refractivity contribution in [2.45, 2.75) is 26.2 Å². The predicted molar refractivity (Wildman–Crippen MR) is 82.4 cm³/mol. The van der Waals surface area contributed by atoms with Gasteiger partial charge in [-0.1, -0.05) is 5.21 Å². The summed E-state index contributed by atoms with van der Waals surface area (Å²) in [6.07, 6.45) is 4.47. The Morgan fingerprint density at radius 3 is 2.86 bits per heavy atom. The highest BCUT2D eigenvalue weighted by atomic mass is 79.9. The van der Waals surface area contributed by atoms with E-state index in [1.807, 2.05) is 0 Å². The number of hydrogen-bond donors (Lipinski definition) is 1. The van der Waals surface area contributed by atoms with Gasteiger partial charge >= 0.3 is 0 Å². The van der Waals surface area contributed by atoms with Crippen molar-refractivity contribution in [1.82, 2.24) is 15.0 Å². The molecule has 1 aromatic heterocycles. The number of aromatic nitrogens is 3. The molecule has 1 aromatic carbocycles. The van der Waals surface area contributed by atoms with E-state index >= 15 is 0 Å². The van der Waals surface area contributed by atoms with Crippen molar-refractivity contribution >= 4 is 21.6 Å². The maximum Gasteiger partial charge on any atom is 0.274 e. The first-order valence-corrected chi connectivity index (χ1v) is 7.38. The Labute approximate surface area is 130 Å². The van der Waals surface area contributed by atoms with E-state index in [0.717, 1.165) is 29.4 Å². The molecule has 2 N–H and O–H groups in total. The Kier molecular flexibility index (Phi) is 5.03. The lowest BCUT2D eigenvalue weighted by Gasteiger charge is -2.05. The van der Waals surface area contributed by atoms with Crippen LogP contribution in [0.15, 0.2) is 22.8 Å². The number of nitrogens with zero attached hydrogens (tertiary/aromatic N) is 4. The van der Waals surface area contributed by atoms with Crippen LogP contribution in [-0.4, -0.2) is 26.5 Å². The minimum absolute atomic E-state index is 0.0633. The van der Waals surface area contributed by atoms with E-state index in [1.54, 1.807) is 23.9 Å². The van der Waals surface area contributed by atoms with Gasteiger partial charge in [0, 0.05) is 16.1 Å². The molecule has 0 aliphatic rings. The van der Waals surface area contributed by atoms with Crippen molar-refractivity contribution in [2.75, 3.05) is 6.54 Å². The summed E-state index contributed by atoms with van der Waals surface area (Å²) in [5.41, 5.74) is 7.56. The van der Waals surface area contributed by atoms with Gasteiger partial charge in [0.25, 0.3) is 5.69 Å². The molecule has 2 rings (SSSR count). The van der Waals surface area contributed by atoms with Crippen LogP contribution in [0.2, 0.25) is 0 Å². The van der Waals surface area contributed by atoms with E-state index in [0.29, 0.717) is 17.8 Å². The fourth-order valence-corrected chi connectivity index (χ4v) is 2.64. The summed E-state index contributed by atoms with van der Waals surface area (Å²) in [7, 11) is 0. The minimum Gasteiger partial charge on any atom is -0.330 e. The molecule has 0 atom stereocenters. The van der Waals surface area contributed by atoms with Crippen LogP contribution in [0, 0.1) is 17.0 Å². The second-order valence-electron chi connectivity index (χ2n) is 4.75. The molecule has 21 heavy (non-hydrogen) atoms. The average molecular weight is 354 g/mol. The van der Waals surface area contributed by atoms with Crippen molar-refractivity contribution < 1.29 is 4.92 Å². The molecular formula is C13H16BrN5O2. The molecule has 0 aliphatic heterocycles. The molecule has 0 spiro atoms. The monoisotopic (exact) mass is 353 g/mol. The summed E-state index contributed by atoms with van der Waals surface area (Å²) in [6.45, 7) is 2.36. The lowest BCUT2D eigenvalue weighted by Crippen LogP contribution is -2.00. The third-order valence-electron chi connectivity index (χ3n) is 3.14. The molecule has 2 aromatic rings. The molecular weight excluding hydrogens is 338 g/mol. The van der Waals surface area contributed by atoms with Gasteiger partial charge in [-0.15, -0.1) is 5.10 Å². The molecule has 0 unspecified atom stereocenters. The van der Waals surface area contributed by atoms with Gasteiger partial charge in [-0.05, 0) is 54.7 Å². The summed E-state index contributed by atoms with van der Waals surface area (Å²) in [4.78, 5) is 10.6. The fraction of sp³-hybridized carbons (Fsp3) is 0.385. The highest BCUT2D eigenvalue weighted by Gasteiger charge is 2.16. The van der Waals surface area contributed by atoms with Gasteiger partial charge in [-0.2, -0.15) is 0 Å². The summed E-state index contributed by atoms with van der Waals surface area (Å²) in [5, 5.41) is 19.2. The normalized spacial score (nSPS) is 10.8. The van der Waals surface area contributed by atoms with Gasteiger partial charge in [0.05, 0.1) is 22.5 Å². The standard InChI is InChI=1S/C13H16BrN5O2/c1-9-6-11(14)13(7-12(9)19(20)21)18-8-10(16-17-18)4-2-3-5-15/h6-8H,2-5,15H2,1H3. The first kappa shape index (κ1) is 15.6. The Morgan fingerprint density at radius 1 is 1.43 bits per heavy atom. The number of nitrogens with two attached hydrogens (primary N) is 1. The molecule has 0 bridgehead atoms. The summed E-state index contributed by atoms with van der Waals surface area (Å²) in [5.74, 6) is 0. The van der Waals surface area contributed by atoms with Crippen LogP contribution in [-0.2, 0) is 6.42 Å². The lowest BCUT2D eigenvalue weighted by molar-refractivity contribution is -0.385. The molecule has 112 valence electrons. The topological polar surface area (TPSA) is 99.9 Å². The van der Waals surface area contributed by atoms with Crippen LogP contribution in [0.25, 0.3) is 5.69 Å². The number of unbranched alkanes of at least 4 members (excludes halogenated alkanes) is 1. The van der Waals surface area contributed by atoms with E-state index in [4.69, 9.17) is 5.73 Å². The van der Waals surface area contributed by atoms with Crippen LogP contribution in [0.3, 0.4) is 0 Å². The largest absolute Gasteiger partial charge is 0.330 e. The van der Waals surface area contributed by atoms with Crippen LogP contribution < -0.4 is 5.73 Å². The van der Waals surface area contributed by atoms with Crippen molar-refractivity contribution in [3.63, 3.8) is 0 Å². The molecule has 8 heteroatoms. The van der Waals surface area contributed by atoms with Gasteiger partial charge < -0.3 is 5.73 Å². The van der Waals surface area contributed by atoms with Crippen molar-refractivity contribution in [1.29, 1.82) is 0 Å². The van der Waals surface area contributed by atoms with Crippen molar-refractivity contribution in [2.24, 2.45) is 5.73 Å². The number of halogens is 1. The van der Waals surface area contributed by atoms with E-state index in [9.17, 15) is 10.1 Å². The molecule has 1 heterocycles. The number of aryl methyl sites for hydroxylation is 2. The van der Waals surface area contributed by atoms with Crippen LogP contribution in [0.1, 0.15) is 24.1 Å². The zero-order valence-electron chi connectivity index (χ0n) is 11.6. The van der Waals surface area contributed by atoms with Gasteiger partial charge in [0.1, 0.15) is 0 Å². The second-order valence-corrected chi connectivity index (χ2v) is 5.60. The molecule has 7 nitrogen and oxygen atoms in total. The van der Waals surface area contributed by atoms with Gasteiger partial charge in [-0.25, -0.2) is 4.68 Å². The summed E-state index contributed by atoms with van der Waals surface area (Å²) < 4.78 is 2.29. The van der Waals surface area contributed by atoms with Crippen LogP contribution in [0.5, 0.6) is 0 Å². The quantitative estimate of drug-likeness (QED) is 0.488. The maximum absolute atomic E-state index is 11.0. The number of nitro groups is 1. The van der Waals surface area contributed by atoms with E-state index in [1.165, 1.54) is 6.07 Å². The Hall–Kier alpha value is -1.80. The molecule has 0 saturated heterocycles. The van der Waals surface area contributed by atoms with E-state index in [2.05, 4.69) is 26.2 Å². The maximum atomic E-state index is 11.0. The van der Waals surface area contributed by atoms with E-state index in [-0.39, 0.29) is 5.69 Å². The fourth-order valence-electron chi connectivity index (χ4n) is 2.00. The second kappa shape index (κ2) is 6.77. The van der Waals surface area contributed by atoms with Crippen LogP contribution in [0.4, 0.5) is 5.69 Å². The third-order valence-corrected chi connectivity index (χ3v) is 3.77. The molecule has 0 aliphatic carbocycles. The SMILES string of the molecule is Cc1cc(Br)c(-n2cc(CCCCN)nn2)cc1[N+](=O)[O-]. The summed E-state index contributed by atoms with van der Waals surface area (Å²) in [6, 6.07) is 3.21. The Bertz CT molecular complexity index is 656. The number of rotatable bonds is 6. The zero-order chi connectivity index (χ0) is 15.4. The predicted octanol–water partition coefficient (Wildman–Crippen LogP) is 2.53. The first-order valence-electron chi connectivity index (χ1n) is 6.59. The van der Waals surface area contributed by atoms with E-state index < -0.39 is 4.92 Å². The first-order chi connectivity index (χ1) is 10.0. The minimum atomic E-state index is -0.398. The number of hydrogen-bond acceptors (Lipinski definition) is 5. The van der Waals surface area contributed by atoms with Crippen molar-refractivity contribution in [3.8, 4) is 5.69 Å². The van der Waals surface area contributed by atoms with Gasteiger partial charge in [0.2, 0.25) is 0 Å². The summed E-state index contributed by atoms with van der Waals surface area (Å²) >= 11 is 3.41. The molecule has 0 saturated carbocycles. The Morgan fingerprint density at radius 2 is 2.19 bits per heavy atom. The molecule has 0 radical (unpaired) electrons. The lowest BCUT2D eigenvalue weighted by atomic mass is 10.2. The molecule has 0 amide bonds.